The van der Waals surface area contributed by atoms with Gasteiger partial charge in [0.1, 0.15) is 5.82 Å². The molecule has 0 spiro atoms. The first-order chi connectivity index (χ1) is 15.5. The third-order valence-corrected chi connectivity index (χ3v) is 4.89. The van der Waals surface area contributed by atoms with E-state index in [9.17, 15) is 31.9 Å². The fourth-order valence-corrected chi connectivity index (χ4v) is 3.23. The number of esters is 1. The molecule has 33 heavy (non-hydrogen) atoms. The Balaban J connectivity index is 1.83. The summed E-state index contributed by atoms with van der Waals surface area (Å²) < 4.78 is 62.7. The number of halogens is 4. The number of anilines is 2. The smallest absolute Gasteiger partial charge is 0.416 e. The highest BCUT2D eigenvalue weighted by molar-refractivity contribution is 6.04. The van der Waals surface area contributed by atoms with E-state index in [0.717, 1.165) is 42.2 Å². The molecular weight excluding hydrogens is 448 g/mol. The molecule has 0 saturated carbocycles. The molecule has 0 aliphatic carbocycles. The zero-order chi connectivity index (χ0) is 24.3. The molecule has 0 unspecified atom stereocenters. The van der Waals surface area contributed by atoms with Gasteiger partial charge in [0.05, 0.1) is 12.2 Å². The van der Waals surface area contributed by atoms with E-state index in [1.54, 1.807) is 0 Å². The predicted molar refractivity (Wildman–Crippen MR) is 109 cm³/mol. The molecule has 176 valence electrons. The molecule has 1 saturated heterocycles. The molecule has 3 rings (SSSR count). The molecule has 1 N–H and O–H groups in total. The van der Waals surface area contributed by atoms with Gasteiger partial charge in [0.25, 0.3) is 11.8 Å². The largest absolute Gasteiger partial charge is 0.449 e. The van der Waals surface area contributed by atoms with E-state index in [1.165, 1.54) is 19.1 Å². The van der Waals surface area contributed by atoms with Crippen molar-refractivity contribution in [1.29, 1.82) is 0 Å². The second-order valence-electron chi connectivity index (χ2n) is 7.31. The number of benzene rings is 2. The lowest BCUT2D eigenvalue weighted by molar-refractivity contribution is -0.167. The quantitative estimate of drug-likeness (QED) is 0.537. The topological polar surface area (TPSA) is 84.9 Å². The molecule has 0 aromatic heterocycles. The number of nitrogens with one attached hydrogen (secondary N) is 1. The Morgan fingerprint density at radius 3 is 2.42 bits per heavy atom. The number of alkyl halides is 3. The van der Waals surface area contributed by atoms with Crippen molar-refractivity contribution in [2.45, 2.75) is 32.2 Å². The Morgan fingerprint density at radius 2 is 1.85 bits per heavy atom. The minimum absolute atomic E-state index is 0.0122. The van der Waals surface area contributed by atoms with Crippen LogP contribution in [0.1, 0.15) is 18.1 Å². The Labute approximate surface area is 186 Å². The van der Waals surface area contributed by atoms with Crippen molar-refractivity contribution >= 4 is 29.2 Å². The normalized spacial score (nSPS) is 17.5. The van der Waals surface area contributed by atoms with Crippen LogP contribution in [0.5, 0.6) is 0 Å². The molecule has 1 fully saturated rings. The van der Waals surface area contributed by atoms with Gasteiger partial charge < -0.3 is 19.7 Å². The summed E-state index contributed by atoms with van der Waals surface area (Å²) in [5.74, 6) is -3.15. The Bertz CT molecular complexity index is 1060. The lowest BCUT2D eigenvalue weighted by Gasteiger charge is -2.35. The van der Waals surface area contributed by atoms with Crippen molar-refractivity contribution in [2.75, 3.05) is 23.4 Å². The van der Waals surface area contributed by atoms with Crippen molar-refractivity contribution in [3.63, 3.8) is 0 Å². The van der Waals surface area contributed by atoms with Gasteiger partial charge in [0.2, 0.25) is 6.10 Å². The van der Waals surface area contributed by atoms with Gasteiger partial charge in [0.15, 0.2) is 6.10 Å². The number of amides is 2. The van der Waals surface area contributed by atoms with E-state index in [-0.39, 0.29) is 24.5 Å². The summed E-state index contributed by atoms with van der Waals surface area (Å²) in [6.45, 7) is 2.51. The van der Waals surface area contributed by atoms with E-state index in [0.29, 0.717) is 5.56 Å². The van der Waals surface area contributed by atoms with Crippen LogP contribution in [0.15, 0.2) is 42.5 Å². The molecule has 0 radical (unpaired) electrons. The van der Waals surface area contributed by atoms with E-state index in [1.807, 2.05) is 0 Å². The summed E-state index contributed by atoms with van der Waals surface area (Å²) in [5.41, 5.74) is -0.305. The molecule has 1 heterocycles. The standard InChI is InChI=1S/C22H20F4N2O5/c1-12-3-6-15(11-17(12)23)27-20(30)18(33-13(2)29)19-21(31)28(9-10-32-19)16-7-4-14(5-8-16)22(24,25)26/h3-8,11,18-19H,9-10H2,1-2H3,(H,27,30)/t18-,19-/m1/s1. The van der Waals surface area contributed by atoms with Crippen molar-refractivity contribution < 1.29 is 41.4 Å². The molecule has 2 amide bonds. The van der Waals surface area contributed by atoms with Gasteiger partial charge in [-0.1, -0.05) is 6.07 Å². The van der Waals surface area contributed by atoms with Crippen molar-refractivity contribution in [2.24, 2.45) is 0 Å². The number of carbonyl (C=O) groups is 3. The van der Waals surface area contributed by atoms with Gasteiger partial charge >= 0.3 is 12.1 Å². The highest BCUT2D eigenvalue weighted by atomic mass is 19.4. The van der Waals surface area contributed by atoms with E-state index >= 15 is 0 Å². The van der Waals surface area contributed by atoms with Gasteiger partial charge in [-0.3, -0.25) is 14.4 Å². The van der Waals surface area contributed by atoms with E-state index < -0.39 is 47.5 Å². The van der Waals surface area contributed by atoms with Crippen molar-refractivity contribution in [1.82, 2.24) is 0 Å². The Morgan fingerprint density at radius 1 is 1.18 bits per heavy atom. The zero-order valence-electron chi connectivity index (χ0n) is 17.6. The maximum atomic E-state index is 13.8. The lowest BCUT2D eigenvalue weighted by atomic mass is 10.1. The first-order valence-corrected chi connectivity index (χ1v) is 9.82. The second-order valence-corrected chi connectivity index (χ2v) is 7.31. The lowest BCUT2D eigenvalue weighted by Crippen LogP contribution is -2.56. The monoisotopic (exact) mass is 468 g/mol. The number of hydrogen-bond donors (Lipinski definition) is 1. The minimum Gasteiger partial charge on any atom is -0.449 e. The number of rotatable bonds is 5. The molecule has 7 nitrogen and oxygen atoms in total. The molecule has 1 aliphatic heterocycles. The summed E-state index contributed by atoms with van der Waals surface area (Å²) in [6, 6.07) is 7.83. The fourth-order valence-electron chi connectivity index (χ4n) is 3.23. The fraction of sp³-hybridized carbons (Fsp3) is 0.318. The second kappa shape index (κ2) is 9.57. The van der Waals surface area contributed by atoms with Gasteiger partial charge in [-0.25, -0.2) is 4.39 Å². The number of nitrogens with zero attached hydrogens (tertiary/aromatic N) is 1. The number of aryl methyl sites for hydroxylation is 1. The summed E-state index contributed by atoms with van der Waals surface area (Å²) in [4.78, 5) is 38.6. The maximum absolute atomic E-state index is 13.8. The third-order valence-electron chi connectivity index (χ3n) is 4.89. The van der Waals surface area contributed by atoms with Crippen LogP contribution in [0.3, 0.4) is 0 Å². The Hall–Kier alpha value is -3.47. The molecule has 0 bridgehead atoms. The first-order valence-electron chi connectivity index (χ1n) is 9.82. The summed E-state index contributed by atoms with van der Waals surface area (Å²) in [7, 11) is 0. The highest BCUT2D eigenvalue weighted by Crippen LogP contribution is 2.31. The number of hydrogen-bond acceptors (Lipinski definition) is 5. The van der Waals surface area contributed by atoms with Crippen molar-refractivity contribution in [3.05, 3.63) is 59.4 Å². The van der Waals surface area contributed by atoms with Crippen LogP contribution >= 0.6 is 0 Å². The van der Waals surface area contributed by atoms with E-state index in [2.05, 4.69) is 5.32 Å². The maximum Gasteiger partial charge on any atom is 0.416 e. The summed E-state index contributed by atoms with van der Waals surface area (Å²) in [5, 5.41) is 2.38. The van der Waals surface area contributed by atoms with Gasteiger partial charge in [-0.2, -0.15) is 13.2 Å². The van der Waals surface area contributed by atoms with Crippen LogP contribution < -0.4 is 10.2 Å². The molecule has 11 heteroatoms. The zero-order valence-corrected chi connectivity index (χ0v) is 17.6. The third kappa shape index (κ3) is 5.67. The minimum atomic E-state index is -4.54. The van der Waals surface area contributed by atoms with Crippen LogP contribution in [0.25, 0.3) is 0 Å². The van der Waals surface area contributed by atoms with Crippen LogP contribution in [0.4, 0.5) is 28.9 Å². The SMILES string of the molecule is CC(=O)O[C@@H](C(=O)Nc1ccc(C)c(F)c1)[C@H]1OCCN(c2ccc(C(F)(F)F)cc2)C1=O. The number of morpholine rings is 1. The first kappa shape index (κ1) is 24.2. The number of carbonyl (C=O) groups excluding carboxylic acids is 3. The van der Waals surface area contributed by atoms with Crippen LogP contribution in [-0.4, -0.2) is 43.1 Å². The molecule has 2 aromatic carbocycles. The number of ether oxygens (including phenoxy) is 2. The van der Waals surface area contributed by atoms with Crippen LogP contribution in [0, 0.1) is 12.7 Å². The average molecular weight is 468 g/mol. The average Bonchev–Trinajstić information content (AvgIpc) is 2.74. The summed E-state index contributed by atoms with van der Waals surface area (Å²) in [6.07, 6.45) is -7.80. The molecule has 2 aromatic rings. The van der Waals surface area contributed by atoms with Gasteiger partial charge in [-0.15, -0.1) is 0 Å². The van der Waals surface area contributed by atoms with Crippen molar-refractivity contribution in [3.8, 4) is 0 Å². The summed E-state index contributed by atoms with van der Waals surface area (Å²) >= 11 is 0. The van der Waals surface area contributed by atoms with Gasteiger partial charge in [0, 0.05) is 24.8 Å². The van der Waals surface area contributed by atoms with Crippen LogP contribution in [0.2, 0.25) is 0 Å². The molecular formula is C22H20F4N2O5. The highest BCUT2D eigenvalue weighted by Gasteiger charge is 2.42. The molecule has 2 atom stereocenters. The Kier molecular flexibility index (Phi) is 7.01. The van der Waals surface area contributed by atoms with Crippen LogP contribution in [-0.2, 0) is 30.0 Å². The molecule has 1 aliphatic rings. The van der Waals surface area contributed by atoms with Gasteiger partial charge in [-0.05, 0) is 48.9 Å². The predicted octanol–water partition coefficient (Wildman–Crippen LogP) is 3.46. The van der Waals surface area contributed by atoms with E-state index in [4.69, 9.17) is 9.47 Å².